The smallest absolute Gasteiger partial charge is 0.268 e. The highest BCUT2D eigenvalue weighted by Gasteiger charge is 2.23. The number of hydrogen-bond acceptors (Lipinski definition) is 6. The Kier molecular flexibility index (Phi) is 57.2. The molecule has 0 aliphatic heterocycles. The summed E-state index contributed by atoms with van der Waals surface area (Å²) in [5, 5.41) is 13.9. The molecular formula is C70H123N2O6P. The Morgan fingerprint density at radius 1 is 0.456 bits per heavy atom. The van der Waals surface area contributed by atoms with E-state index in [0.717, 1.165) is 103 Å². The monoisotopic (exact) mass is 1120 g/mol. The van der Waals surface area contributed by atoms with Gasteiger partial charge in [-0.15, -0.1) is 0 Å². The van der Waals surface area contributed by atoms with Crippen molar-refractivity contribution in [3.63, 3.8) is 0 Å². The second-order valence-electron chi connectivity index (χ2n) is 22.7. The highest BCUT2D eigenvalue weighted by Crippen LogP contribution is 2.38. The molecule has 0 bridgehead atoms. The quantitative estimate of drug-likeness (QED) is 0.0272. The molecule has 0 radical (unpaired) electrons. The number of unbranched alkanes of at least 4 members (excludes halogenated alkanes) is 27. The molecule has 0 aromatic heterocycles. The molecule has 8 nitrogen and oxygen atoms in total. The van der Waals surface area contributed by atoms with Crippen LogP contribution < -0.4 is 10.2 Å². The number of amides is 1. The van der Waals surface area contributed by atoms with Gasteiger partial charge in [-0.3, -0.25) is 9.36 Å². The number of phosphoric acid groups is 1. The summed E-state index contributed by atoms with van der Waals surface area (Å²) in [6, 6.07) is -0.923. The first-order valence-corrected chi connectivity index (χ1v) is 33.9. The molecule has 9 heteroatoms. The van der Waals surface area contributed by atoms with E-state index < -0.39 is 26.6 Å². The molecule has 0 aromatic rings. The Hall–Kier alpha value is -3.10. The van der Waals surface area contributed by atoms with Crippen molar-refractivity contribution in [2.75, 3.05) is 40.9 Å². The number of rotatable bonds is 58. The van der Waals surface area contributed by atoms with Crippen LogP contribution in [0.3, 0.4) is 0 Å². The number of carbonyl (C=O) groups is 1. The minimum Gasteiger partial charge on any atom is -0.756 e. The van der Waals surface area contributed by atoms with Gasteiger partial charge in [-0.1, -0.05) is 277 Å². The maximum absolute atomic E-state index is 13.0. The second kappa shape index (κ2) is 59.5. The third kappa shape index (κ3) is 62.4. The predicted octanol–water partition coefficient (Wildman–Crippen LogP) is 19.9. The molecule has 79 heavy (non-hydrogen) atoms. The lowest BCUT2D eigenvalue weighted by Crippen LogP contribution is -2.45. The zero-order valence-electron chi connectivity index (χ0n) is 51.8. The highest BCUT2D eigenvalue weighted by molar-refractivity contribution is 7.45. The molecular weight excluding hydrogens is 996 g/mol. The number of hydrogen-bond donors (Lipinski definition) is 2. The van der Waals surface area contributed by atoms with Crippen molar-refractivity contribution in [3.05, 3.63) is 122 Å². The molecule has 0 aliphatic carbocycles. The number of aliphatic hydroxyl groups excluding tert-OH is 1. The number of carbonyl (C=O) groups excluding carboxylic acids is 1. The second-order valence-corrected chi connectivity index (χ2v) is 24.1. The topological polar surface area (TPSA) is 108 Å². The molecule has 0 saturated carbocycles. The van der Waals surface area contributed by atoms with Crippen LogP contribution in [0, 0.1) is 0 Å². The fourth-order valence-electron chi connectivity index (χ4n) is 8.87. The Morgan fingerprint density at radius 3 is 1.18 bits per heavy atom. The first-order valence-electron chi connectivity index (χ1n) is 32.4. The van der Waals surface area contributed by atoms with Crippen LogP contribution in [0.5, 0.6) is 0 Å². The van der Waals surface area contributed by atoms with Crippen LogP contribution in [-0.2, 0) is 18.4 Å². The number of nitrogens with one attached hydrogen (secondary N) is 1. The fraction of sp³-hybridized carbons (Fsp3) is 0.700. The predicted molar refractivity (Wildman–Crippen MR) is 343 cm³/mol. The van der Waals surface area contributed by atoms with Crippen LogP contribution in [0.25, 0.3) is 0 Å². The van der Waals surface area contributed by atoms with E-state index >= 15 is 0 Å². The molecule has 2 N–H and O–H groups in total. The van der Waals surface area contributed by atoms with Gasteiger partial charge in [-0.05, 0) is 103 Å². The normalized spacial score (nSPS) is 14.6. The number of allylic oxidation sites excluding steroid dienone is 19. The standard InChI is InChI=1S/C70H123N2O6P/c1-6-8-10-12-14-16-18-20-22-24-26-28-30-32-34-35-36-37-38-40-42-44-46-48-50-52-54-56-58-60-62-64-70(74)71-68(67-78-79(75,76)77-66-65-72(3,4)5)69(73)63-61-59-57-55-53-51-49-47-45-43-41-39-33-31-29-27-25-23-21-19-17-15-13-11-9-7-2/h8,10,14,16,20,22,26,28,32,34,36-37,40,42,45,47,53,55,61,63,68-69,73H,6-7,9,11-13,15,17-19,21,23-25,27,29-31,33,35,38-39,41,43-44,46,48-52,54,56-60,62,64-67H2,1-5H3,(H-,71,74,75,76)/b10-8-,16-14-,22-20-,28-26-,34-32-,37-36-,42-40-,47-45+,55-53+,63-61+. The molecule has 1 amide bonds. The van der Waals surface area contributed by atoms with Gasteiger partial charge in [0.15, 0.2) is 0 Å². The van der Waals surface area contributed by atoms with E-state index in [4.69, 9.17) is 9.05 Å². The zero-order chi connectivity index (χ0) is 57.7. The average molecular weight is 1120 g/mol. The first kappa shape index (κ1) is 75.9. The summed E-state index contributed by atoms with van der Waals surface area (Å²) in [6.07, 6.45) is 88.7. The van der Waals surface area contributed by atoms with Crippen LogP contribution in [-0.4, -0.2) is 68.5 Å². The zero-order valence-corrected chi connectivity index (χ0v) is 52.7. The van der Waals surface area contributed by atoms with Crippen LogP contribution in [0.15, 0.2) is 122 Å². The van der Waals surface area contributed by atoms with Gasteiger partial charge in [0.2, 0.25) is 5.91 Å². The van der Waals surface area contributed by atoms with Crippen LogP contribution in [0.2, 0.25) is 0 Å². The molecule has 454 valence electrons. The lowest BCUT2D eigenvalue weighted by molar-refractivity contribution is -0.870. The SMILES string of the molecule is CC/C=C\C/C=C\C/C=C\C/C=C\C/C=C\C/C=C\C/C=C\CCCCCCCCCCCC(=O)NC(COP(=O)([O-])OCC[N+](C)(C)C)C(O)/C=C/CC/C=C/CC/C=C/CCCCCCCCCCCCCCCCCC. The Bertz CT molecular complexity index is 1700. The first-order chi connectivity index (χ1) is 38.5. The van der Waals surface area contributed by atoms with Gasteiger partial charge in [-0.25, -0.2) is 0 Å². The van der Waals surface area contributed by atoms with Crippen LogP contribution in [0.1, 0.15) is 264 Å². The van der Waals surface area contributed by atoms with Crippen molar-refractivity contribution in [1.82, 2.24) is 5.32 Å². The maximum Gasteiger partial charge on any atom is 0.268 e. The molecule has 0 saturated heterocycles. The average Bonchev–Trinajstić information content (AvgIpc) is 3.42. The van der Waals surface area contributed by atoms with Crippen molar-refractivity contribution in [2.24, 2.45) is 0 Å². The highest BCUT2D eigenvalue weighted by atomic mass is 31.2. The van der Waals surface area contributed by atoms with E-state index in [0.29, 0.717) is 17.4 Å². The summed E-state index contributed by atoms with van der Waals surface area (Å²) in [5.74, 6) is -0.221. The van der Waals surface area contributed by atoms with Crippen LogP contribution in [0.4, 0.5) is 0 Å². The molecule has 0 aromatic carbocycles. The number of quaternary nitrogens is 1. The van der Waals surface area contributed by atoms with Gasteiger partial charge >= 0.3 is 0 Å². The van der Waals surface area contributed by atoms with Crippen molar-refractivity contribution < 1.29 is 32.9 Å². The summed E-state index contributed by atoms with van der Waals surface area (Å²) < 4.78 is 23.4. The number of likely N-dealkylation sites (N-methyl/N-ethyl adjacent to an activating group) is 1. The van der Waals surface area contributed by atoms with E-state index in [9.17, 15) is 19.4 Å². The summed E-state index contributed by atoms with van der Waals surface area (Å²) in [5.41, 5.74) is 0. The third-order valence-electron chi connectivity index (χ3n) is 13.9. The number of aliphatic hydroxyl groups is 1. The Balaban J connectivity index is 4.25. The third-order valence-corrected chi connectivity index (χ3v) is 14.8. The van der Waals surface area contributed by atoms with E-state index in [1.165, 1.54) is 141 Å². The largest absolute Gasteiger partial charge is 0.756 e. The van der Waals surface area contributed by atoms with Crippen molar-refractivity contribution in [1.29, 1.82) is 0 Å². The summed E-state index contributed by atoms with van der Waals surface area (Å²) >= 11 is 0. The van der Waals surface area contributed by atoms with Crippen molar-refractivity contribution in [3.8, 4) is 0 Å². The Labute approximate surface area is 488 Å². The fourth-order valence-corrected chi connectivity index (χ4v) is 9.60. The van der Waals surface area contributed by atoms with Gasteiger partial charge in [-0.2, -0.15) is 0 Å². The lowest BCUT2D eigenvalue weighted by Gasteiger charge is -2.29. The minimum atomic E-state index is -4.62. The lowest BCUT2D eigenvalue weighted by atomic mass is 10.0. The van der Waals surface area contributed by atoms with E-state index in [1.807, 2.05) is 27.2 Å². The molecule has 3 unspecified atom stereocenters. The molecule has 0 aliphatic rings. The van der Waals surface area contributed by atoms with E-state index in [2.05, 4.69) is 129 Å². The van der Waals surface area contributed by atoms with Gasteiger partial charge in [0.1, 0.15) is 13.2 Å². The van der Waals surface area contributed by atoms with Crippen molar-refractivity contribution in [2.45, 2.75) is 276 Å². The molecule has 0 rings (SSSR count). The molecule has 0 fully saturated rings. The summed E-state index contributed by atoms with van der Waals surface area (Å²) in [4.78, 5) is 25.6. The number of nitrogens with zero attached hydrogens (tertiary/aromatic N) is 1. The molecule has 0 heterocycles. The Morgan fingerprint density at radius 2 is 0.785 bits per heavy atom. The van der Waals surface area contributed by atoms with Crippen LogP contribution >= 0.6 is 7.82 Å². The minimum absolute atomic E-state index is 0.0163. The van der Waals surface area contributed by atoms with Gasteiger partial charge in [0.25, 0.3) is 7.82 Å². The van der Waals surface area contributed by atoms with E-state index in [1.54, 1.807) is 6.08 Å². The van der Waals surface area contributed by atoms with E-state index in [-0.39, 0.29) is 12.5 Å². The summed E-state index contributed by atoms with van der Waals surface area (Å²) in [6.45, 7) is 4.51. The van der Waals surface area contributed by atoms with Gasteiger partial charge < -0.3 is 28.8 Å². The maximum atomic E-state index is 13.0. The molecule has 3 atom stereocenters. The molecule has 0 spiro atoms. The summed E-state index contributed by atoms with van der Waals surface area (Å²) in [7, 11) is 1.22. The van der Waals surface area contributed by atoms with Gasteiger partial charge in [0.05, 0.1) is 39.9 Å². The number of phosphoric ester groups is 1. The van der Waals surface area contributed by atoms with Crippen molar-refractivity contribution >= 4 is 13.7 Å². The van der Waals surface area contributed by atoms with Gasteiger partial charge in [0, 0.05) is 6.42 Å².